The lowest BCUT2D eigenvalue weighted by Gasteiger charge is -2.19. The molecule has 0 rings (SSSR count). The molecule has 0 radical (unpaired) electrons. The second-order valence-corrected chi connectivity index (χ2v) is 4.71. The SMILES string of the molecule is CCCCC/C=C\C/C=C\CC(=O)N(CCO)CCO. The Labute approximate surface area is 122 Å². The van der Waals surface area contributed by atoms with Crippen LogP contribution in [0.3, 0.4) is 0 Å². The average Bonchev–Trinajstić information content (AvgIpc) is 2.45. The van der Waals surface area contributed by atoms with Gasteiger partial charge in [-0.3, -0.25) is 4.79 Å². The van der Waals surface area contributed by atoms with Crippen molar-refractivity contribution in [1.82, 2.24) is 4.90 Å². The molecule has 0 aromatic rings. The van der Waals surface area contributed by atoms with Crippen molar-refractivity contribution in [3.8, 4) is 0 Å². The van der Waals surface area contributed by atoms with Gasteiger partial charge in [-0.25, -0.2) is 0 Å². The number of hydrogen-bond donors (Lipinski definition) is 2. The minimum Gasteiger partial charge on any atom is -0.395 e. The molecule has 0 bridgehead atoms. The van der Waals surface area contributed by atoms with E-state index in [0.717, 1.165) is 12.8 Å². The van der Waals surface area contributed by atoms with E-state index in [9.17, 15) is 4.79 Å². The minimum atomic E-state index is -0.0735. The van der Waals surface area contributed by atoms with Crippen LogP contribution < -0.4 is 0 Å². The maximum absolute atomic E-state index is 11.8. The summed E-state index contributed by atoms with van der Waals surface area (Å²) in [6, 6.07) is 0. The summed E-state index contributed by atoms with van der Waals surface area (Å²) < 4.78 is 0. The van der Waals surface area contributed by atoms with Crippen LogP contribution in [-0.2, 0) is 4.79 Å². The summed E-state index contributed by atoms with van der Waals surface area (Å²) in [4.78, 5) is 13.2. The lowest BCUT2D eigenvalue weighted by Crippen LogP contribution is -2.35. The molecular formula is C16H29NO3. The summed E-state index contributed by atoms with van der Waals surface area (Å²) >= 11 is 0. The van der Waals surface area contributed by atoms with Gasteiger partial charge in [0, 0.05) is 19.5 Å². The summed E-state index contributed by atoms with van der Waals surface area (Å²) in [5.41, 5.74) is 0. The van der Waals surface area contributed by atoms with E-state index < -0.39 is 0 Å². The third-order valence-corrected chi connectivity index (χ3v) is 2.96. The Morgan fingerprint density at radius 3 is 2.25 bits per heavy atom. The van der Waals surface area contributed by atoms with Gasteiger partial charge < -0.3 is 15.1 Å². The molecule has 20 heavy (non-hydrogen) atoms. The average molecular weight is 283 g/mol. The molecule has 0 aliphatic carbocycles. The van der Waals surface area contributed by atoms with Gasteiger partial charge >= 0.3 is 0 Å². The second-order valence-electron chi connectivity index (χ2n) is 4.71. The van der Waals surface area contributed by atoms with Crippen LogP contribution in [0.15, 0.2) is 24.3 Å². The van der Waals surface area contributed by atoms with Crippen molar-refractivity contribution >= 4 is 5.91 Å². The van der Waals surface area contributed by atoms with E-state index in [4.69, 9.17) is 10.2 Å². The maximum atomic E-state index is 11.8. The molecular weight excluding hydrogens is 254 g/mol. The van der Waals surface area contributed by atoms with Crippen molar-refractivity contribution in [2.45, 2.75) is 45.4 Å². The number of nitrogens with zero attached hydrogens (tertiary/aromatic N) is 1. The first-order chi connectivity index (χ1) is 9.76. The zero-order valence-corrected chi connectivity index (χ0v) is 12.6. The van der Waals surface area contributed by atoms with Crippen LogP contribution in [0.25, 0.3) is 0 Å². The van der Waals surface area contributed by atoms with Crippen LogP contribution >= 0.6 is 0 Å². The molecule has 116 valence electrons. The number of rotatable bonds is 12. The van der Waals surface area contributed by atoms with Gasteiger partial charge in [-0.15, -0.1) is 0 Å². The van der Waals surface area contributed by atoms with Crippen LogP contribution in [0.2, 0.25) is 0 Å². The number of carbonyl (C=O) groups is 1. The Morgan fingerprint density at radius 2 is 1.65 bits per heavy atom. The molecule has 4 nitrogen and oxygen atoms in total. The molecule has 0 aliphatic rings. The smallest absolute Gasteiger partial charge is 0.226 e. The number of amides is 1. The summed E-state index contributed by atoms with van der Waals surface area (Å²) in [6.07, 6.45) is 14.2. The van der Waals surface area contributed by atoms with E-state index in [0.29, 0.717) is 6.42 Å². The molecule has 0 spiro atoms. The van der Waals surface area contributed by atoms with E-state index >= 15 is 0 Å². The Morgan fingerprint density at radius 1 is 1.00 bits per heavy atom. The van der Waals surface area contributed by atoms with E-state index in [1.807, 2.05) is 12.2 Å². The van der Waals surface area contributed by atoms with E-state index in [-0.39, 0.29) is 32.2 Å². The molecule has 4 heteroatoms. The Hall–Kier alpha value is -1.13. The van der Waals surface area contributed by atoms with E-state index in [2.05, 4.69) is 19.1 Å². The largest absolute Gasteiger partial charge is 0.395 e. The molecule has 0 saturated carbocycles. The number of unbranched alkanes of at least 4 members (excludes halogenated alkanes) is 3. The first kappa shape index (κ1) is 18.9. The first-order valence-electron chi connectivity index (χ1n) is 7.55. The Bertz CT molecular complexity index is 281. The summed E-state index contributed by atoms with van der Waals surface area (Å²) in [7, 11) is 0. The highest BCUT2D eigenvalue weighted by atomic mass is 16.3. The molecule has 0 atom stereocenters. The van der Waals surface area contributed by atoms with Crippen molar-refractivity contribution in [1.29, 1.82) is 0 Å². The number of aliphatic hydroxyl groups excluding tert-OH is 2. The molecule has 0 aromatic heterocycles. The summed E-state index contributed by atoms with van der Waals surface area (Å²) in [6.45, 7) is 2.61. The van der Waals surface area contributed by atoms with Gasteiger partial charge in [-0.05, 0) is 19.3 Å². The highest BCUT2D eigenvalue weighted by Crippen LogP contribution is 2.01. The van der Waals surface area contributed by atoms with Gasteiger partial charge in [-0.2, -0.15) is 0 Å². The van der Waals surface area contributed by atoms with Gasteiger partial charge in [0.2, 0.25) is 5.91 Å². The lowest BCUT2D eigenvalue weighted by atomic mass is 10.2. The van der Waals surface area contributed by atoms with Gasteiger partial charge in [0.25, 0.3) is 0 Å². The monoisotopic (exact) mass is 283 g/mol. The van der Waals surface area contributed by atoms with E-state index in [1.165, 1.54) is 24.2 Å². The van der Waals surface area contributed by atoms with Crippen LogP contribution in [0.1, 0.15) is 45.4 Å². The number of allylic oxidation sites excluding steroid dienone is 3. The van der Waals surface area contributed by atoms with Crippen molar-refractivity contribution in [2.24, 2.45) is 0 Å². The highest BCUT2D eigenvalue weighted by Gasteiger charge is 2.09. The van der Waals surface area contributed by atoms with Crippen molar-refractivity contribution < 1.29 is 15.0 Å². The Balaban J connectivity index is 3.78. The fourth-order valence-electron chi connectivity index (χ4n) is 1.82. The standard InChI is InChI=1S/C16H29NO3/c1-2-3-4-5-6-7-8-9-10-11-16(20)17(12-14-18)13-15-19/h6-7,9-10,18-19H,2-5,8,11-15H2,1H3/b7-6-,10-9-. The van der Waals surface area contributed by atoms with Gasteiger partial charge in [0.05, 0.1) is 13.2 Å². The lowest BCUT2D eigenvalue weighted by molar-refractivity contribution is -0.131. The zero-order chi connectivity index (χ0) is 15.1. The minimum absolute atomic E-state index is 0.0590. The molecule has 0 aliphatic heterocycles. The molecule has 0 saturated heterocycles. The van der Waals surface area contributed by atoms with Crippen molar-refractivity contribution in [3.63, 3.8) is 0 Å². The van der Waals surface area contributed by atoms with Crippen LogP contribution in [0.5, 0.6) is 0 Å². The predicted molar refractivity (Wildman–Crippen MR) is 82.4 cm³/mol. The molecule has 0 heterocycles. The van der Waals surface area contributed by atoms with Crippen LogP contribution in [0, 0.1) is 0 Å². The normalized spacial score (nSPS) is 11.6. The quantitative estimate of drug-likeness (QED) is 0.427. The molecule has 0 unspecified atom stereocenters. The summed E-state index contributed by atoms with van der Waals surface area (Å²) in [5, 5.41) is 17.7. The van der Waals surface area contributed by atoms with Gasteiger partial charge in [-0.1, -0.05) is 44.1 Å². The Kier molecular flexibility index (Phi) is 13.5. The fourth-order valence-corrected chi connectivity index (χ4v) is 1.82. The molecule has 0 fully saturated rings. The third-order valence-electron chi connectivity index (χ3n) is 2.96. The number of aliphatic hydroxyl groups is 2. The second kappa shape index (κ2) is 14.3. The fraction of sp³-hybridized carbons (Fsp3) is 0.688. The molecule has 1 amide bonds. The topological polar surface area (TPSA) is 60.8 Å². The van der Waals surface area contributed by atoms with Gasteiger partial charge in [0.15, 0.2) is 0 Å². The molecule has 2 N–H and O–H groups in total. The number of carbonyl (C=O) groups excluding carboxylic acids is 1. The van der Waals surface area contributed by atoms with Crippen molar-refractivity contribution in [2.75, 3.05) is 26.3 Å². The van der Waals surface area contributed by atoms with Crippen LogP contribution in [-0.4, -0.2) is 47.3 Å². The zero-order valence-electron chi connectivity index (χ0n) is 12.6. The highest BCUT2D eigenvalue weighted by molar-refractivity contribution is 5.77. The van der Waals surface area contributed by atoms with Crippen molar-refractivity contribution in [3.05, 3.63) is 24.3 Å². The van der Waals surface area contributed by atoms with Crippen LogP contribution in [0.4, 0.5) is 0 Å². The first-order valence-corrected chi connectivity index (χ1v) is 7.55. The van der Waals surface area contributed by atoms with Gasteiger partial charge in [0.1, 0.15) is 0 Å². The number of hydrogen-bond acceptors (Lipinski definition) is 3. The maximum Gasteiger partial charge on any atom is 0.226 e. The molecule has 0 aromatic carbocycles. The van der Waals surface area contributed by atoms with E-state index in [1.54, 1.807) is 0 Å². The third kappa shape index (κ3) is 10.8. The predicted octanol–water partition coefficient (Wildman–Crippen LogP) is 2.27. The summed E-state index contributed by atoms with van der Waals surface area (Å²) in [5.74, 6) is -0.0590.